The summed E-state index contributed by atoms with van der Waals surface area (Å²) in [5.74, 6) is 1.04. The topological polar surface area (TPSA) is 29.1 Å². The maximum absolute atomic E-state index is 11.8. The van der Waals surface area contributed by atoms with Gasteiger partial charge >= 0.3 is 0 Å². The van der Waals surface area contributed by atoms with Crippen molar-refractivity contribution in [2.45, 2.75) is 49.8 Å². The fourth-order valence-electron chi connectivity index (χ4n) is 2.78. The van der Waals surface area contributed by atoms with Crippen LogP contribution in [0.5, 0.6) is 0 Å². The SMILES string of the molecule is O=C(Cc1ccc(S)cc1)NCCCC1CCCC1. The van der Waals surface area contributed by atoms with Gasteiger partial charge in [-0.25, -0.2) is 0 Å². The monoisotopic (exact) mass is 277 g/mol. The van der Waals surface area contributed by atoms with Crippen molar-refractivity contribution in [3.8, 4) is 0 Å². The van der Waals surface area contributed by atoms with Crippen LogP contribution in [0.3, 0.4) is 0 Å². The molecule has 1 aliphatic rings. The van der Waals surface area contributed by atoms with Crippen LogP contribution < -0.4 is 5.32 Å². The zero-order chi connectivity index (χ0) is 13.5. The molecule has 0 aliphatic heterocycles. The van der Waals surface area contributed by atoms with Crippen LogP contribution in [0, 0.1) is 5.92 Å². The van der Waals surface area contributed by atoms with Crippen molar-refractivity contribution in [2.24, 2.45) is 5.92 Å². The summed E-state index contributed by atoms with van der Waals surface area (Å²) in [4.78, 5) is 12.7. The van der Waals surface area contributed by atoms with Gasteiger partial charge in [0.05, 0.1) is 6.42 Å². The van der Waals surface area contributed by atoms with Gasteiger partial charge in [0.2, 0.25) is 5.91 Å². The molecule has 1 saturated carbocycles. The average Bonchev–Trinajstić information content (AvgIpc) is 2.91. The van der Waals surface area contributed by atoms with Crippen molar-refractivity contribution in [3.63, 3.8) is 0 Å². The number of amides is 1. The second kappa shape index (κ2) is 7.59. The van der Waals surface area contributed by atoms with E-state index < -0.39 is 0 Å². The average molecular weight is 277 g/mol. The summed E-state index contributed by atoms with van der Waals surface area (Å²) in [6, 6.07) is 7.76. The Morgan fingerprint density at radius 3 is 2.58 bits per heavy atom. The number of nitrogens with one attached hydrogen (secondary N) is 1. The van der Waals surface area contributed by atoms with Crippen molar-refractivity contribution in [3.05, 3.63) is 29.8 Å². The van der Waals surface area contributed by atoms with E-state index in [-0.39, 0.29) is 5.91 Å². The molecule has 0 heterocycles. The van der Waals surface area contributed by atoms with Crippen molar-refractivity contribution in [2.75, 3.05) is 6.54 Å². The number of thiol groups is 1. The summed E-state index contributed by atoms with van der Waals surface area (Å²) in [5.41, 5.74) is 1.05. The third-order valence-electron chi connectivity index (χ3n) is 3.89. The number of hydrogen-bond donors (Lipinski definition) is 2. The van der Waals surface area contributed by atoms with Gasteiger partial charge in [-0.1, -0.05) is 37.8 Å². The predicted molar refractivity (Wildman–Crippen MR) is 81.6 cm³/mol. The molecule has 104 valence electrons. The molecule has 0 atom stereocenters. The summed E-state index contributed by atoms with van der Waals surface area (Å²) in [6.45, 7) is 0.819. The lowest BCUT2D eigenvalue weighted by Gasteiger charge is -2.09. The molecule has 0 bridgehead atoms. The Morgan fingerprint density at radius 1 is 1.21 bits per heavy atom. The summed E-state index contributed by atoms with van der Waals surface area (Å²) >= 11 is 4.23. The molecule has 2 nitrogen and oxygen atoms in total. The van der Waals surface area contributed by atoms with Crippen molar-refractivity contribution < 1.29 is 4.79 Å². The van der Waals surface area contributed by atoms with Gasteiger partial charge < -0.3 is 5.32 Å². The lowest BCUT2D eigenvalue weighted by Crippen LogP contribution is -2.26. The Bertz CT molecular complexity index is 396. The number of carbonyl (C=O) groups excluding carboxylic acids is 1. The number of benzene rings is 1. The lowest BCUT2D eigenvalue weighted by molar-refractivity contribution is -0.120. The van der Waals surface area contributed by atoms with Crippen LogP contribution in [-0.2, 0) is 11.2 Å². The lowest BCUT2D eigenvalue weighted by atomic mass is 10.0. The fourth-order valence-corrected chi connectivity index (χ4v) is 2.93. The highest BCUT2D eigenvalue weighted by Gasteiger charge is 2.14. The third-order valence-corrected chi connectivity index (χ3v) is 4.19. The van der Waals surface area contributed by atoms with Gasteiger partial charge in [-0.3, -0.25) is 4.79 Å². The Labute approximate surface area is 121 Å². The van der Waals surface area contributed by atoms with Crippen LogP contribution >= 0.6 is 12.6 Å². The molecule has 2 rings (SSSR count). The number of rotatable bonds is 6. The van der Waals surface area contributed by atoms with Crippen LogP contribution in [0.25, 0.3) is 0 Å². The van der Waals surface area contributed by atoms with Crippen LogP contribution in [0.4, 0.5) is 0 Å². The summed E-state index contributed by atoms with van der Waals surface area (Å²) in [6.07, 6.45) is 8.45. The van der Waals surface area contributed by atoms with E-state index in [9.17, 15) is 4.79 Å². The predicted octanol–water partition coefficient (Wildman–Crippen LogP) is 3.60. The van der Waals surface area contributed by atoms with Gasteiger partial charge in [-0.15, -0.1) is 12.6 Å². The van der Waals surface area contributed by atoms with Crippen LogP contribution in [-0.4, -0.2) is 12.5 Å². The van der Waals surface area contributed by atoms with Crippen LogP contribution in [0.2, 0.25) is 0 Å². The molecule has 0 spiro atoms. The molecule has 19 heavy (non-hydrogen) atoms. The van der Waals surface area contributed by atoms with E-state index in [4.69, 9.17) is 0 Å². The fraction of sp³-hybridized carbons (Fsp3) is 0.562. The molecule has 1 aromatic rings. The number of carbonyl (C=O) groups is 1. The second-order valence-electron chi connectivity index (χ2n) is 5.49. The van der Waals surface area contributed by atoms with Crippen LogP contribution in [0.15, 0.2) is 29.2 Å². The standard InChI is InChI=1S/C16H23NOS/c18-16(12-14-7-9-15(19)10-8-14)17-11-3-6-13-4-1-2-5-13/h7-10,13,19H,1-6,11-12H2,(H,17,18). The van der Waals surface area contributed by atoms with Crippen LogP contribution in [0.1, 0.15) is 44.1 Å². The molecule has 0 unspecified atom stereocenters. The minimum absolute atomic E-state index is 0.123. The van der Waals surface area contributed by atoms with E-state index in [1.807, 2.05) is 24.3 Å². The maximum Gasteiger partial charge on any atom is 0.224 e. The Kier molecular flexibility index (Phi) is 5.77. The van der Waals surface area contributed by atoms with Crippen molar-refractivity contribution in [1.29, 1.82) is 0 Å². The third kappa shape index (κ3) is 5.27. The largest absolute Gasteiger partial charge is 0.356 e. The molecule has 0 aromatic heterocycles. The first-order valence-corrected chi connectivity index (χ1v) is 7.73. The zero-order valence-electron chi connectivity index (χ0n) is 11.4. The van der Waals surface area contributed by atoms with Gasteiger partial charge in [0.25, 0.3) is 0 Å². The van der Waals surface area contributed by atoms with E-state index >= 15 is 0 Å². The van der Waals surface area contributed by atoms with Gasteiger partial charge in [-0.2, -0.15) is 0 Å². The zero-order valence-corrected chi connectivity index (χ0v) is 12.3. The molecule has 3 heteroatoms. The Hall–Kier alpha value is -0.960. The smallest absolute Gasteiger partial charge is 0.224 e. The summed E-state index contributed by atoms with van der Waals surface area (Å²) in [5, 5.41) is 3.01. The highest BCUT2D eigenvalue weighted by Crippen LogP contribution is 2.28. The Morgan fingerprint density at radius 2 is 1.89 bits per heavy atom. The van der Waals surface area contributed by atoms with E-state index in [2.05, 4.69) is 17.9 Å². The second-order valence-corrected chi connectivity index (χ2v) is 6.00. The molecule has 0 saturated heterocycles. The highest BCUT2D eigenvalue weighted by atomic mass is 32.1. The molecule has 1 aromatic carbocycles. The molecule has 0 radical (unpaired) electrons. The molecular formula is C16H23NOS. The first kappa shape index (κ1) is 14.4. The first-order valence-electron chi connectivity index (χ1n) is 7.28. The normalized spacial score (nSPS) is 15.6. The Balaban J connectivity index is 1.60. The number of hydrogen-bond acceptors (Lipinski definition) is 2. The van der Waals surface area contributed by atoms with E-state index in [1.54, 1.807) is 0 Å². The minimum Gasteiger partial charge on any atom is -0.356 e. The van der Waals surface area contributed by atoms with E-state index in [1.165, 1.54) is 32.1 Å². The van der Waals surface area contributed by atoms with Crippen molar-refractivity contribution >= 4 is 18.5 Å². The van der Waals surface area contributed by atoms with E-state index in [0.29, 0.717) is 6.42 Å². The molecule has 1 aliphatic carbocycles. The highest BCUT2D eigenvalue weighted by molar-refractivity contribution is 7.80. The summed E-state index contributed by atoms with van der Waals surface area (Å²) in [7, 11) is 0. The van der Waals surface area contributed by atoms with Gasteiger partial charge in [0, 0.05) is 11.4 Å². The van der Waals surface area contributed by atoms with Gasteiger partial charge in [-0.05, 0) is 36.5 Å². The maximum atomic E-state index is 11.8. The first-order chi connectivity index (χ1) is 9.24. The molecule has 1 amide bonds. The van der Waals surface area contributed by atoms with Crippen molar-refractivity contribution in [1.82, 2.24) is 5.32 Å². The van der Waals surface area contributed by atoms with Gasteiger partial charge in [0.15, 0.2) is 0 Å². The molecular weight excluding hydrogens is 254 g/mol. The minimum atomic E-state index is 0.123. The quantitative estimate of drug-likeness (QED) is 0.604. The molecule has 1 fully saturated rings. The summed E-state index contributed by atoms with van der Waals surface area (Å²) < 4.78 is 0. The van der Waals surface area contributed by atoms with E-state index in [0.717, 1.165) is 29.3 Å². The van der Waals surface area contributed by atoms with Gasteiger partial charge in [0.1, 0.15) is 0 Å². The molecule has 1 N–H and O–H groups in total.